The zero-order chi connectivity index (χ0) is 11.2. The molecular formula is C4H13LiN2O6S2. The molecule has 0 aromatic heterocycles. The van der Waals surface area contributed by atoms with Crippen molar-refractivity contribution in [3.05, 3.63) is 0 Å². The summed E-state index contributed by atoms with van der Waals surface area (Å²) < 4.78 is 60.5. The molecule has 8 nitrogen and oxygen atoms in total. The van der Waals surface area contributed by atoms with Crippen LogP contribution in [0.5, 0.6) is 0 Å². The van der Waals surface area contributed by atoms with Crippen LogP contribution in [0.3, 0.4) is 0 Å². The predicted molar refractivity (Wildman–Crippen MR) is 49.4 cm³/mol. The summed E-state index contributed by atoms with van der Waals surface area (Å²) in [6, 6.07) is 0. The van der Waals surface area contributed by atoms with Gasteiger partial charge >= 0.3 is 39.5 Å². The Balaban J connectivity index is -0.000000845. The van der Waals surface area contributed by atoms with Crippen molar-refractivity contribution in [3.8, 4) is 0 Å². The standard InChI is InChI=1S/C4H12N2O6S2.Li.H/c7-13(8,9)5-3-1-2-4-6-14(10,11)12;;/h5-6H,1-4H2,(H,7,8,9)(H,10,11,12);;/q;+1;-1. The van der Waals surface area contributed by atoms with Crippen LogP contribution in [0.25, 0.3) is 0 Å². The van der Waals surface area contributed by atoms with Crippen LogP contribution in [-0.4, -0.2) is 39.0 Å². The Kier molecular flexibility index (Phi) is 8.96. The third-order valence-electron chi connectivity index (χ3n) is 1.17. The monoisotopic (exact) mass is 256 g/mol. The van der Waals surface area contributed by atoms with Crippen molar-refractivity contribution in [2.24, 2.45) is 0 Å². The van der Waals surface area contributed by atoms with Crippen molar-refractivity contribution < 1.29 is 46.2 Å². The molecule has 11 heteroatoms. The maximum absolute atomic E-state index is 10.1. The SMILES string of the molecule is O=S(=O)(O)NCCCCNS(=O)(=O)O.[H-].[Li+]. The van der Waals surface area contributed by atoms with Gasteiger partial charge in [-0.2, -0.15) is 26.3 Å². The molecule has 0 radical (unpaired) electrons. The van der Waals surface area contributed by atoms with Crippen LogP contribution in [-0.2, 0) is 20.6 Å². The minimum Gasteiger partial charge on any atom is -1.00 e. The summed E-state index contributed by atoms with van der Waals surface area (Å²) >= 11 is 0. The molecule has 0 aliphatic rings. The number of unbranched alkanes of at least 4 members (excludes halogenated alkanes) is 1. The van der Waals surface area contributed by atoms with Gasteiger partial charge < -0.3 is 1.43 Å². The Morgan fingerprint density at radius 3 is 1.33 bits per heavy atom. The van der Waals surface area contributed by atoms with Gasteiger partial charge in [-0.05, 0) is 12.8 Å². The molecule has 0 rings (SSSR count). The second-order valence-corrected chi connectivity index (χ2v) is 4.92. The van der Waals surface area contributed by atoms with E-state index in [4.69, 9.17) is 9.11 Å². The summed E-state index contributed by atoms with van der Waals surface area (Å²) in [5.41, 5.74) is 0. The van der Waals surface area contributed by atoms with Crippen LogP contribution >= 0.6 is 0 Å². The van der Waals surface area contributed by atoms with Gasteiger partial charge in [0.1, 0.15) is 0 Å². The first-order chi connectivity index (χ1) is 6.21. The van der Waals surface area contributed by atoms with Crippen LogP contribution < -0.4 is 28.3 Å². The zero-order valence-corrected chi connectivity index (χ0v) is 9.81. The van der Waals surface area contributed by atoms with Crippen LogP contribution in [0.1, 0.15) is 14.3 Å². The summed E-state index contributed by atoms with van der Waals surface area (Å²) in [5, 5.41) is 0. The Labute approximate surface area is 102 Å². The summed E-state index contributed by atoms with van der Waals surface area (Å²) in [6.45, 7) is 0.0119. The van der Waals surface area contributed by atoms with Crippen LogP contribution in [0.4, 0.5) is 0 Å². The second-order valence-electron chi connectivity index (χ2n) is 2.45. The van der Waals surface area contributed by atoms with E-state index in [0.717, 1.165) is 0 Å². The number of rotatable bonds is 7. The molecule has 0 aromatic carbocycles. The van der Waals surface area contributed by atoms with Gasteiger partial charge in [-0.25, -0.2) is 0 Å². The largest absolute Gasteiger partial charge is 1.00 e. The fraction of sp³-hybridized carbons (Fsp3) is 1.00. The summed E-state index contributed by atoms with van der Waals surface area (Å²) in [4.78, 5) is 0. The molecule has 0 aliphatic carbocycles. The van der Waals surface area contributed by atoms with Gasteiger partial charge in [0, 0.05) is 13.1 Å². The molecule has 88 valence electrons. The fourth-order valence-electron chi connectivity index (χ4n) is 0.652. The Hall–Kier alpha value is 0.337. The first-order valence-corrected chi connectivity index (χ1v) is 6.53. The normalized spacial score (nSPS) is 12.1. The third-order valence-corrected chi connectivity index (χ3v) is 2.31. The van der Waals surface area contributed by atoms with E-state index >= 15 is 0 Å². The van der Waals surface area contributed by atoms with E-state index in [9.17, 15) is 16.8 Å². The average molecular weight is 256 g/mol. The second kappa shape index (κ2) is 7.58. The van der Waals surface area contributed by atoms with Crippen molar-refractivity contribution in [1.82, 2.24) is 9.44 Å². The van der Waals surface area contributed by atoms with Crippen molar-refractivity contribution in [2.45, 2.75) is 12.8 Å². The van der Waals surface area contributed by atoms with Gasteiger partial charge in [0.05, 0.1) is 0 Å². The van der Waals surface area contributed by atoms with Crippen molar-refractivity contribution in [3.63, 3.8) is 0 Å². The predicted octanol–water partition coefficient (Wildman–Crippen LogP) is -4.33. The third kappa shape index (κ3) is 17.0. The Bertz CT molecular complexity index is 321. The minimum absolute atomic E-state index is 0. The minimum atomic E-state index is -4.18. The van der Waals surface area contributed by atoms with Crippen LogP contribution in [0.2, 0.25) is 0 Å². The van der Waals surface area contributed by atoms with Gasteiger partial charge in [-0.1, -0.05) is 0 Å². The first-order valence-electron chi connectivity index (χ1n) is 3.65. The molecule has 0 bridgehead atoms. The van der Waals surface area contributed by atoms with Gasteiger partial charge in [0.15, 0.2) is 0 Å². The number of nitrogens with one attached hydrogen (secondary N) is 2. The molecule has 0 saturated heterocycles. The average Bonchev–Trinajstić information content (AvgIpc) is 1.92. The molecular weight excluding hydrogens is 243 g/mol. The summed E-state index contributed by atoms with van der Waals surface area (Å²) in [7, 11) is -8.36. The van der Waals surface area contributed by atoms with Gasteiger partial charge in [0.2, 0.25) is 0 Å². The van der Waals surface area contributed by atoms with Crippen LogP contribution in [0, 0.1) is 0 Å². The molecule has 0 aliphatic heterocycles. The van der Waals surface area contributed by atoms with E-state index < -0.39 is 20.6 Å². The van der Waals surface area contributed by atoms with Gasteiger partial charge in [-0.15, -0.1) is 0 Å². The van der Waals surface area contributed by atoms with Gasteiger partial charge in [0.25, 0.3) is 0 Å². The molecule has 0 unspecified atom stereocenters. The quantitative estimate of drug-likeness (QED) is 0.207. The van der Waals surface area contributed by atoms with E-state index in [1.165, 1.54) is 0 Å². The maximum Gasteiger partial charge on any atom is 1.00 e. The van der Waals surface area contributed by atoms with Crippen molar-refractivity contribution in [2.75, 3.05) is 13.1 Å². The molecule has 4 N–H and O–H groups in total. The smallest absolute Gasteiger partial charge is 1.00 e. The Morgan fingerprint density at radius 2 is 1.13 bits per heavy atom. The van der Waals surface area contributed by atoms with Crippen molar-refractivity contribution >= 4 is 20.6 Å². The molecule has 0 aromatic rings. The molecule has 0 fully saturated rings. The van der Waals surface area contributed by atoms with E-state index in [0.29, 0.717) is 12.8 Å². The van der Waals surface area contributed by atoms with Crippen molar-refractivity contribution in [1.29, 1.82) is 0 Å². The zero-order valence-electron chi connectivity index (χ0n) is 9.17. The molecule has 15 heavy (non-hydrogen) atoms. The van der Waals surface area contributed by atoms with E-state index in [1.807, 2.05) is 9.44 Å². The molecule has 0 saturated carbocycles. The summed E-state index contributed by atoms with van der Waals surface area (Å²) in [6.07, 6.45) is 0.671. The molecule has 0 atom stereocenters. The fourth-order valence-corrected chi connectivity index (χ4v) is 1.46. The van der Waals surface area contributed by atoms with E-state index in [1.54, 1.807) is 0 Å². The molecule has 0 heterocycles. The van der Waals surface area contributed by atoms with E-state index in [-0.39, 0.29) is 33.4 Å². The van der Waals surface area contributed by atoms with E-state index in [2.05, 4.69) is 0 Å². The number of hydrogen-bond acceptors (Lipinski definition) is 4. The first kappa shape index (κ1) is 17.7. The topological polar surface area (TPSA) is 133 Å². The van der Waals surface area contributed by atoms with Gasteiger partial charge in [-0.3, -0.25) is 9.11 Å². The van der Waals surface area contributed by atoms with Crippen LogP contribution in [0.15, 0.2) is 0 Å². The molecule has 0 amide bonds. The number of hydrogen-bond donors (Lipinski definition) is 4. The summed E-state index contributed by atoms with van der Waals surface area (Å²) in [5.74, 6) is 0. The molecule has 0 spiro atoms. The maximum atomic E-state index is 10.1. The Morgan fingerprint density at radius 1 is 0.867 bits per heavy atom.